The van der Waals surface area contributed by atoms with E-state index in [9.17, 15) is 4.79 Å². The predicted molar refractivity (Wildman–Crippen MR) is 106 cm³/mol. The summed E-state index contributed by atoms with van der Waals surface area (Å²) in [6, 6.07) is 9.88. The Hall–Kier alpha value is -2.47. The van der Waals surface area contributed by atoms with E-state index in [1.54, 1.807) is 18.5 Å². The lowest BCUT2D eigenvalue weighted by atomic mass is 9.83. The Morgan fingerprint density at radius 3 is 2.63 bits per heavy atom. The molecule has 2 aliphatic rings. The lowest BCUT2D eigenvalue weighted by Gasteiger charge is -2.44. The van der Waals surface area contributed by atoms with Crippen molar-refractivity contribution >= 4 is 17.5 Å². The van der Waals surface area contributed by atoms with Crippen LogP contribution < -0.4 is 10.6 Å². The molecule has 0 unspecified atom stereocenters. The molecule has 2 saturated heterocycles. The monoisotopic (exact) mass is 365 g/mol. The molecule has 4 rings (SSSR count). The number of hydrogen-bond acceptors (Lipinski definition) is 5. The smallest absolute Gasteiger partial charge is 0.251 e. The molecule has 6 heteroatoms. The molecule has 3 heterocycles. The van der Waals surface area contributed by atoms with Gasteiger partial charge in [-0.2, -0.15) is 0 Å². The average molecular weight is 365 g/mol. The molecule has 1 amide bonds. The third kappa shape index (κ3) is 4.45. The van der Waals surface area contributed by atoms with Crippen molar-refractivity contribution in [2.75, 3.05) is 25.0 Å². The molecule has 1 aromatic carbocycles. The van der Waals surface area contributed by atoms with E-state index in [0.29, 0.717) is 23.5 Å². The van der Waals surface area contributed by atoms with Gasteiger partial charge >= 0.3 is 0 Å². The maximum atomic E-state index is 12.5. The van der Waals surface area contributed by atoms with E-state index >= 15 is 0 Å². The first-order valence-electron chi connectivity index (χ1n) is 9.96. The number of nitrogens with zero attached hydrogens (tertiary/aromatic N) is 3. The van der Waals surface area contributed by atoms with Crippen LogP contribution in [-0.2, 0) is 0 Å². The predicted octanol–water partition coefficient (Wildman–Crippen LogP) is 3.21. The number of aromatic nitrogens is 2. The number of anilines is 2. The summed E-state index contributed by atoms with van der Waals surface area (Å²) in [4.78, 5) is 23.5. The summed E-state index contributed by atoms with van der Waals surface area (Å²) in [5, 5.41) is 6.29. The fourth-order valence-corrected chi connectivity index (χ4v) is 4.34. The van der Waals surface area contributed by atoms with Crippen LogP contribution in [-0.4, -0.2) is 46.5 Å². The Morgan fingerprint density at radius 1 is 1.04 bits per heavy atom. The molecule has 0 spiro atoms. The third-order valence-corrected chi connectivity index (χ3v) is 5.72. The van der Waals surface area contributed by atoms with Gasteiger partial charge in [-0.25, -0.2) is 9.97 Å². The van der Waals surface area contributed by atoms with Crippen molar-refractivity contribution < 1.29 is 4.79 Å². The van der Waals surface area contributed by atoms with Crippen molar-refractivity contribution in [3.05, 3.63) is 48.3 Å². The van der Waals surface area contributed by atoms with Gasteiger partial charge in [-0.05, 0) is 75.0 Å². The first kappa shape index (κ1) is 17.9. The van der Waals surface area contributed by atoms with E-state index in [2.05, 4.69) is 25.5 Å². The topological polar surface area (TPSA) is 70.2 Å². The molecule has 2 fully saturated rings. The van der Waals surface area contributed by atoms with Crippen molar-refractivity contribution in [2.45, 2.75) is 38.1 Å². The van der Waals surface area contributed by atoms with Crippen molar-refractivity contribution in [3.63, 3.8) is 0 Å². The van der Waals surface area contributed by atoms with Crippen LogP contribution in [0.5, 0.6) is 0 Å². The van der Waals surface area contributed by atoms with Gasteiger partial charge in [0.05, 0.1) is 0 Å². The van der Waals surface area contributed by atoms with E-state index in [-0.39, 0.29) is 5.91 Å². The molecular formula is C21H27N5O. The Kier molecular flexibility index (Phi) is 5.63. The zero-order valence-corrected chi connectivity index (χ0v) is 15.6. The normalized spacial score (nSPS) is 22.7. The number of rotatable bonds is 5. The maximum Gasteiger partial charge on any atom is 0.251 e. The molecule has 6 nitrogen and oxygen atoms in total. The molecule has 142 valence electrons. The molecule has 0 saturated carbocycles. The van der Waals surface area contributed by atoms with Crippen molar-refractivity contribution in [2.24, 2.45) is 5.92 Å². The molecule has 2 atom stereocenters. The number of carbonyl (C=O) groups is 1. The van der Waals surface area contributed by atoms with Gasteiger partial charge in [-0.15, -0.1) is 0 Å². The molecule has 0 radical (unpaired) electrons. The summed E-state index contributed by atoms with van der Waals surface area (Å²) in [6.45, 7) is 3.24. The standard InChI is InChI=1S/C21H27N5O/c27-20(24-15-17-5-3-14-26-13-2-1-6-19(17)26)16-7-9-18(10-8-16)25-21-22-11-4-12-23-21/h4,7-12,17,19H,1-3,5-6,13-15H2,(H,24,27)(H,22,23,25)/t17-,19-/m0/s1. The van der Waals surface area contributed by atoms with Gasteiger partial charge in [0.25, 0.3) is 5.91 Å². The summed E-state index contributed by atoms with van der Waals surface area (Å²) in [5.41, 5.74) is 1.55. The lowest BCUT2D eigenvalue weighted by molar-refractivity contribution is 0.0575. The first-order valence-corrected chi connectivity index (χ1v) is 9.96. The molecule has 27 heavy (non-hydrogen) atoms. The Bertz CT molecular complexity index is 747. The summed E-state index contributed by atoms with van der Waals surface area (Å²) >= 11 is 0. The second kappa shape index (κ2) is 8.48. The number of carbonyl (C=O) groups excluding carboxylic acids is 1. The summed E-state index contributed by atoms with van der Waals surface area (Å²) < 4.78 is 0. The highest BCUT2D eigenvalue weighted by molar-refractivity contribution is 5.94. The quantitative estimate of drug-likeness (QED) is 0.851. The Morgan fingerprint density at radius 2 is 1.81 bits per heavy atom. The van der Waals surface area contributed by atoms with Crippen LogP contribution in [0.15, 0.2) is 42.7 Å². The third-order valence-electron chi connectivity index (χ3n) is 5.72. The molecule has 0 bridgehead atoms. The molecule has 2 N–H and O–H groups in total. The largest absolute Gasteiger partial charge is 0.352 e. The van der Waals surface area contributed by atoms with Gasteiger partial charge in [0.1, 0.15) is 0 Å². The van der Waals surface area contributed by atoms with Gasteiger partial charge in [0, 0.05) is 36.2 Å². The van der Waals surface area contributed by atoms with Crippen LogP contribution in [0.3, 0.4) is 0 Å². The highest BCUT2D eigenvalue weighted by Crippen LogP contribution is 2.30. The molecule has 2 aromatic rings. The van der Waals surface area contributed by atoms with E-state index in [1.165, 1.54) is 45.2 Å². The van der Waals surface area contributed by atoms with Gasteiger partial charge < -0.3 is 15.5 Å². The highest BCUT2D eigenvalue weighted by atomic mass is 16.1. The fourth-order valence-electron chi connectivity index (χ4n) is 4.34. The Labute approximate surface area is 160 Å². The van der Waals surface area contributed by atoms with Crippen LogP contribution in [0.1, 0.15) is 42.5 Å². The lowest BCUT2D eigenvalue weighted by Crippen LogP contribution is -2.51. The highest BCUT2D eigenvalue weighted by Gasteiger charge is 2.32. The number of fused-ring (bicyclic) bond motifs is 1. The minimum absolute atomic E-state index is 0.00504. The molecular weight excluding hydrogens is 338 g/mol. The Balaban J connectivity index is 1.31. The van der Waals surface area contributed by atoms with Crippen LogP contribution in [0.2, 0.25) is 0 Å². The summed E-state index contributed by atoms with van der Waals surface area (Å²) in [7, 11) is 0. The second-order valence-electron chi connectivity index (χ2n) is 7.49. The SMILES string of the molecule is O=C(NC[C@@H]1CCCN2CCCC[C@@H]12)c1ccc(Nc2ncccn2)cc1. The molecule has 1 aromatic heterocycles. The summed E-state index contributed by atoms with van der Waals surface area (Å²) in [5.74, 6) is 1.13. The van der Waals surface area contributed by atoms with Crippen molar-refractivity contribution in [1.82, 2.24) is 20.2 Å². The van der Waals surface area contributed by atoms with E-state index < -0.39 is 0 Å². The number of nitrogens with one attached hydrogen (secondary N) is 2. The molecule has 2 aliphatic heterocycles. The number of piperidine rings is 2. The van der Waals surface area contributed by atoms with Crippen LogP contribution >= 0.6 is 0 Å². The second-order valence-corrected chi connectivity index (χ2v) is 7.49. The van der Waals surface area contributed by atoms with Crippen LogP contribution in [0, 0.1) is 5.92 Å². The number of benzene rings is 1. The first-order chi connectivity index (χ1) is 13.3. The average Bonchev–Trinajstić information content (AvgIpc) is 2.73. The van der Waals surface area contributed by atoms with E-state index in [1.807, 2.05) is 24.3 Å². The van der Waals surface area contributed by atoms with Gasteiger partial charge in [-0.3, -0.25) is 4.79 Å². The number of hydrogen-bond donors (Lipinski definition) is 2. The van der Waals surface area contributed by atoms with Crippen molar-refractivity contribution in [3.8, 4) is 0 Å². The van der Waals surface area contributed by atoms with Crippen LogP contribution in [0.4, 0.5) is 11.6 Å². The van der Waals surface area contributed by atoms with Crippen molar-refractivity contribution in [1.29, 1.82) is 0 Å². The number of amides is 1. The van der Waals surface area contributed by atoms with Crippen LogP contribution in [0.25, 0.3) is 0 Å². The summed E-state index contributed by atoms with van der Waals surface area (Å²) in [6.07, 6.45) is 9.78. The maximum absolute atomic E-state index is 12.5. The fraction of sp³-hybridized carbons (Fsp3) is 0.476. The molecule has 0 aliphatic carbocycles. The minimum atomic E-state index is 0.00504. The minimum Gasteiger partial charge on any atom is -0.352 e. The van der Waals surface area contributed by atoms with E-state index in [0.717, 1.165) is 12.2 Å². The van der Waals surface area contributed by atoms with E-state index in [4.69, 9.17) is 0 Å². The van der Waals surface area contributed by atoms with Gasteiger partial charge in [0.15, 0.2) is 0 Å². The van der Waals surface area contributed by atoms with Gasteiger partial charge in [0.2, 0.25) is 5.95 Å². The van der Waals surface area contributed by atoms with Gasteiger partial charge in [-0.1, -0.05) is 6.42 Å². The zero-order valence-electron chi connectivity index (χ0n) is 15.6. The zero-order chi connectivity index (χ0) is 18.5.